The summed E-state index contributed by atoms with van der Waals surface area (Å²) in [6.07, 6.45) is 0. The summed E-state index contributed by atoms with van der Waals surface area (Å²) in [5.41, 5.74) is 1.73. The van der Waals surface area contributed by atoms with E-state index in [1.807, 2.05) is 25.1 Å². The summed E-state index contributed by atoms with van der Waals surface area (Å²) in [6, 6.07) is 11.1. The van der Waals surface area contributed by atoms with E-state index in [0.29, 0.717) is 11.4 Å². The average Bonchev–Trinajstić information content (AvgIpc) is 2.57. The van der Waals surface area contributed by atoms with Gasteiger partial charge in [-0.1, -0.05) is 17.7 Å². The molecule has 0 saturated carbocycles. The number of carbonyl (C=O) groups excluding carboxylic acids is 1. The van der Waals surface area contributed by atoms with Gasteiger partial charge in [-0.15, -0.1) is 10.2 Å². The average molecular weight is 311 g/mol. The van der Waals surface area contributed by atoms with Crippen LogP contribution >= 0.6 is 0 Å². The lowest BCUT2D eigenvalue weighted by atomic mass is 10.1. The molecule has 2 aromatic rings. The molecule has 1 aromatic carbocycles. The Kier molecular flexibility index (Phi) is 4.52. The SMILES string of the molecule is Cc1ccc(C(=O)Nc2ccc(N3CCN(C)CC3)nn2)cc1. The molecule has 3 rings (SSSR count). The Morgan fingerprint density at radius 2 is 1.70 bits per heavy atom. The highest BCUT2D eigenvalue weighted by Gasteiger charge is 2.15. The van der Waals surface area contributed by atoms with Crippen LogP contribution in [0.4, 0.5) is 11.6 Å². The molecule has 0 atom stereocenters. The molecule has 120 valence electrons. The first-order valence-corrected chi connectivity index (χ1v) is 7.77. The van der Waals surface area contributed by atoms with E-state index in [1.165, 1.54) is 0 Å². The Morgan fingerprint density at radius 3 is 2.30 bits per heavy atom. The van der Waals surface area contributed by atoms with Crippen LogP contribution in [0.5, 0.6) is 0 Å². The van der Waals surface area contributed by atoms with Gasteiger partial charge in [-0.2, -0.15) is 0 Å². The highest BCUT2D eigenvalue weighted by Crippen LogP contribution is 2.14. The topological polar surface area (TPSA) is 61.4 Å². The second kappa shape index (κ2) is 6.75. The molecule has 6 nitrogen and oxygen atoms in total. The van der Waals surface area contributed by atoms with E-state index in [0.717, 1.165) is 37.6 Å². The van der Waals surface area contributed by atoms with Crippen LogP contribution in [0, 0.1) is 6.92 Å². The van der Waals surface area contributed by atoms with Gasteiger partial charge >= 0.3 is 0 Å². The molecule has 23 heavy (non-hydrogen) atoms. The molecular formula is C17H21N5O. The van der Waals surface area contributed by atoms with Crippen LogP contribution in [0.25, 0.3) is 0 Å². The van der Waals surface area contributed by atoms with Gasteiger partial charge in [0.15, 0.2) is 11.6 Å². The van der Waals surface area contributed by atoms with Gasteiger partial charge < -0.3 is 15.1 Å². The molecule has 0 aliphatic carbocycles. The number of rotatable bonds is 3. The van der Waals surface area contributed by atoms with Gasteiger partial charge in [0.2, 0.25) is 0 Å². The quantitative estimate of drug-likeness (QED) is 0.936. The minimum atomic E-state index is -0.174. The first-order chi connectivity index (χ1) is 11.1. The fourth-order valence-corrected chi connectivity index (χ4v) is 2.49. The number of piperazine rings is 1. The van der Waals surface area contributed by atoms with Crippen LogP contribution in [0.15, 0.2) is 36.4 Å². The van der Waals surface area contributed by atoms with E-state index < -0.39 is 0 Å². The number of anilines is 2. The van der Waals surface area contributed by atoms with E-state index in [1.54, 1.807) is 18.2 Å². The van der Waals surface area contributed by atoms with Crippen molar-refractivity contribution in [1.82, 2.24) is 15.1 Å². The lowest BCUT2D eigenvalue weighted by Crippen LogP contribution is -2.44. The number of hydrogen-bond donors (Lipinski definition) is 1. The van der Waals surface area contributed by atoms with Gasteiger partial charge in [0.05, 0.1) is 0 Å². The minimum absolute atomic E-state index is 0.174. The number of amides is 1. The summed E-state index contributed by atoms with van der Waals surface area (Å²) in [5, 5.41) is 11.1. The molecule has 0 unspecified atom stereocenters. The van der Waals surface area contributed by atoms with Gasteiger partial charge in [-0.25, -0.2) is 0 Å². The van der Waals surface area contributed by atoms with Crippen molar-refractivity contribution in [3.8, 4) is 0 Å². The Balaban J connectivity index is 1.63. The number of aromatic nitrogens is 2. The zero-order valence-electron chi connectivity index (χ0n) is 13.5. The van der Waals surface area contributed by atoms with E-state index >= 15 is 0 Å². The Hall–Kier alpha value is -2.47. The summed E-state index contributed by atoms with van der Waals surface area (Å²) in [7, 11) is 2.12. The predicted molar refractivity (Wildman–Crippen MR) is 90.9 cm³/mol. The third kappa shape index (κ3) is 3.84. The maximum absolute atomic E-state index is 12.2. The summed E-state index contributed by atoms with van der Waals surface area (Å²) in [5.74, 6) is 1.14. The van der Waals surface area contributed by atoms with E-state index in [9.17, 15) is 4.79 Å². The van der Waals surface area contributed by atoms with Crippen LogP contribution in [0.2, 0.25) is 0 Å². The van der Waals surface area contributed by atoms with Crippen molar-refractivity contribution in [2.24, 2.45) is 0 Å². The molecule has 1 amide bonds. The largest absolute Gasteiger partial charge is 0.353 e. The number of carbonyl (C=O) groups is 1. The number of benzene rings is 1. The van der Waals surface area contributed by atoms with Crippen molar-refractivity contribution in [2.75, 3.05) is 43.4 Å². The standard InChI is InChI=1S/C17H21N5O/c1-13-3-5-14(6-4-13)17(23)18-15-7-8-16(20-19-15)22-11-9-21(2)10-12-22/h3-8H,9-12H2,1-2H3,(H,18,19,23). The molecule has 1 aromatic heterocycles. The fourth-order valence-electron chi connectivity index (χ4n) is 2.49. The molecule has 2 heterocycles. The molecule has 1 aliphatic rings. The Bertz CT molecular complexity index is 660. The second-order valence-electron chi connectivity index (χ2n) is 5.89. The smallest absolute Gasteiger partial charge is 0.256 e. The lowest BCUT2D eigenvalue weighted by molar-refractivity contribution is 0.102. The summed E-state index contributed by atoms with van der Waals surface area (Å²) in [6.45, 7) is 5.92. The van der Waals surface area contributed by atoms with Gasteiger partial charge in [0.1, 0.15) is 0 Å². The van der Waals surface area contributed by atoms with Crippen molar-refractivity contribution in [3.63, 3.8) is 0 Å². The van der Waals surface area contributed by atoms with Crippen LogP contribution in [-0.4, -0.2) is 54.2 Å². The molecule has 1 saturated heterocycles. The van der Waals surface area contributed by atoms with E-state index in [2.05, 4.69) is 32.4 Å². The van der Waals surface area contributed by atoms with Crippen molar-refractivity contribution in [2.45, 2.75) is 6.92 Å². The first-order valence-electron chi connectivity index (χ1n) is 7.77. The van der Waals surface area contributed by atoms with Crippen molar-refractivity contribution >= 4 is 17.5 Å². The zero-order chi connectivity index (χ0) is 16.2. The van der Waals surface area contributed by atoms with E-state index in [4.69, 9.17) is 0 Å². The van der Waals surface area contributed by atoms with Gasteiger partial charge in [0, 0.05) is 31.7 Å². The number of nitrogens with one attached hydrogen (secondary N) is 1. The molecule has 0 bridgehead atoms. The molecule has 1 fully saturated rings. The monoisotopic (exact) mass is 311 g/mol. The van der Waals surface area contributed by atoms with Gasteiger partial charge in [0.25, 0.3) is 5.91 Å². The number of likely N-dealkylation sites (N-methyl/N-ethyl adjacent to an activating group) is 1. The Labute approximate surface area is 136 Å². The number of hydrogen-bond acceptors (Lipinski definition) is 5. The van der Waals surface area contributed by atoms with Crippen molar-refractivity contribution < 1.29 is 4.79 Å². The van der Waals surface area contributed by atoms with Crippen LogP contribution in [0.3, 0.4) is 0 Å². The molecule has 0 spiro atoms. The fraction of sp³-hybridized carbons (Fsp3) is 0.353. The van der Waals surface area contributed by atoms with Crippen LogP contribution < -0.4 is 10.2 Å². The molecule has 6 heteroatoms. The Morgan fingerprint density at radius 1 is 1.00 bits per heavy atom. The molecule has 0 radical (unpaired) electrons. The van der Waals surface area contributed by atoms with Gasteiger partial charge in [-0.3, -0.25) is 4.79 Å². The van der Waals surface area contributed by atoms with E-state index in [-0.39, 0.29) is 5.91 Å². The maximum Gasteiger partial charge on any atom is 0.256 e. The van der Waals surface area contributed by atoms with Gasteiger partial charge in [-0.05, 0) is 38.2 Å². The zero-order valence-corrected chi connectivity index (χ0v) is 13.5. The van der Waals surface area contributed by atoms with Crippen molar-refractivity contribution in [1.29, 1.82) is 0 Å². The second-order valence-corrected chi connectivity index (χ2v) is 5.89. The highest BCUT2D eigenvalue weighted by molar-refractivity contribution is 6.03. The third-order valence-corrected chi connectivity index (χ3v) is 4.03. The summed E-state index contributed by atoms with van der Waals surface area (Å²) >= 11 is 0. The maximum atomic E-state index is 12.2. The van der Waals surface area contributed by atoms with Crippen molar-refractivity contribution in [3.05, 3.63) is 47.5 Å². The predicted octanol–water partition coefficient (Wildman–Crippen LogP) is 1.79. The summed E-state index contributed by atoms with van der Waals surface area (Å²) < 4.78 is 0. The molecule has 1 aliphatic heterocycles. The number of aryl methyl sites for hydroxylation is 1. The normalized spacial score (nSPS) is 15.5. The number of nitrogens with zero attached hydrogens (tertiary/aromatic N) is 4. The molecule has 1 N–H and O–H groups in total. The third-order valence-electron chi connectivity index (χ3n) is 4.03. The molecular weight excluding hydrogens is 290 g/mol. The first kappa shape index (κ1) is 15.4. The highest BCUT2D eigenvalue weighted by atomic mass is 16.1. The lowest BCUT2D eigenvalue weighted by Gasteiger charge is -2.32. The van der Waals surface area contributed by atoms with Crippen LogP contribution in [0.1, 0.15) is 15.9 Å². The van der Waals surface area contributed by atoms with Crippen LogP contribution in [-0.2, 0) is 0 Å². The summed E-state index contributed by atoms with van der Waals surface area (Å²) in [4.78, 5) is 16.7. The minimum Gasteiger partial charge on any atom is -0.353 e.